The summed E-state index contributed by atoms with van der Waals surface area (Å²) in [5.74, 6) is 1.27. The molecule has 1 atom stereocenters. The van der Waals surface area contributed by atoms with E-state index in [0.717, 1.165) is 17.1 Å². The molecule has 0 amide bonds. The number of aromatic hydroxyl groups is 1. The molecular weight excluding hydrogens is 282 g/mol. The molecule has 21 heavy (non-hydrogen) atoms. The zero-order chi connectivity index (χ0) is 14.8. The number of anilines is 1. The zero-order valence-electron chi connectivity index (χ0n) is 11.9. The summed E-state index contributed by atoms with van der Waals surface area (Å²) in [6, 6.07) is 9.67. The van der Waals surface area contributed by atoms with E-state index in [9.17, 15) is 5.11 Å². The monoisotopic (exact) mass is 299 g/mol. The Labute approximate surface area is 127 Å². The lowest BCUT2D eigenvalue weighted by Gasteiger charge is -2.19. The van der Waals surface area contributed by atoms with Gasteiger partial charge >= 0.3 is 0 Å². The van der Waals surface area contributed by atoms with Gasteiger partial charge in [-0.15, -0.1) is 11.3 Å². The van der Waals surface area contributed by atoms with Gasteiger partial charge in [-0.1, -0.05) is 6.07 Å². The number of hydrogen-bond acceptors (Lipinski definition) is 4. The van der Waals surface area contributed by atoms with Gasteiger partial charge in [-0.2, -0.15) is 0 Å². The molecule has 3 rings (SSSR count). The first-order valence-corrected chi connectivity index (χ1v) is 7.60. The van der Waals surface area contributed by atoms with Crippen molar-refractivity contribution in [3.05, 3.63) is 64.4 Å². The minimum Gasteiger partial charge on any atom is -0.508 e. The summed E-state index contributed by atoms with van der Waals surface area (Å²) < 4.78 is 2.02. The number of rotatable bonds is 4. The van der Waals surface area contributed by atoms with Gasteiger partial charge in [-0.3, -0.25) is 0 Å². The van der Waals surface area contributed by atoms with Crippen LogP contribution in [0.4, 0.5) is 5.69 Å². The van der Waals surface area contributed by atoms with Crippen LogP contribution < -0.4 is 5.32 Å². The molecule has 0 aliphatic rings. The number of phenols is 1. The van der Waals surface area contributed by atoms with Crippen molar-refractivity contribution >= 4 is 17.0 Å². The van der Waals surface area contributed by atoms with E-state index in [-0.39, 0.29) is 6.04 Å². The van der Waals surface area contributed by atoms with Gasteiger partial charge in [0, 0.05) is 30.0 Å². The first kappa shape index (κ1) is 13.7. The van der Waals surface area contributed by atoms with Gasteiger partial charge in [0.1, 0.15) is 17.6 Å². The van der Waals surface area contributed by atoms with Crippen molar-refractivity contribution in [3.8, 4) is 5.75 Å². The third-order valence-electron chi connectivity index (χ3n) is 3.45. The molecule has 2 heterocycles. The minimum absolute atomic E-state index is 0.00561. The third kappa shape index (κ3) is 2.78. The summed E-state index contributed by atoms with van der Waals surface area (Å²) in [6.45, 7) is 1.89. The maximum absolute atomic E-state index is 9.65. The molecule has 0 aliphatic carbocycles. The molecule has 108 valence electrons. The molecule has 3 aromatic rings. The van der Waals surface area contributed by atoms with Crippen LogP contribution in [-0.4, -0.2) is 14.7 Å². The van der Waals surface area contributed by atoms with Crippen LogP contribution in [0.15, 0.2) is 48.1 Å². The van der Waals surface area contributed by atoms with Crippen molar-refractivity contribution in [1.82, 2.24) is 9.55 Å². The van der Waals surface area contributed by atoms with Crippen LogP contribution in [0.3, 0.4) is 0 Å². The Bertz CT molecular complexity index is 734. The van der Waals surface area contributed by atoms with E-state index in [1.165, 1.54) is 4.88 Å². The van der Waals surface area contributed by atoms with Crippen molar-refractivity contribution in [1.29, 1.82) is 0 Å². The second-order valence-corrected chi connectivity index (χ2v) is 5.97. The Hall–Kier alpha value is -2.27. The van der Waals surface area contributed by atoms with Crippen molar-refractivity contribution in [2.45, 2.75) is 13.0 Å². The average molecular weight is 299 g/mol. The van der Waals surface area contributed by atoms with E-state index in [4.69, 9.17) is 0 Å². The smallest absolute Gasteiger partial charge is 0.136 e. The second kappa shape index (κ2) is 5.61. The number of nitrogens with one attached hydrogen (secondary N) is 1. The van der Waals surface area contributed by atoms with Gasteiger partial charge in [0.15, 0.2) is 0 Å². The molecule has 5 heteroatoms. The third-order valence-corrected chi connectivity index (χ3v) is 4.39. The molecular formula is C16H17N3OS. The minimum atomic E-state index is -0.00561. The molecule has 1 unspecified atom stereocenters. The number of benzene rings is 1. The van der Waals surface area contributed by atoms with Crippen LogP contribution >= 0.6 is 11.3 Å². The number of hydrogen-bond donors (Lipinski definition) is 2. The summed E-state index contributed by atoms with van der Waals surface area (Å²) in [4.78, 5) is 5.67. The van der Waals surface area contributed by atoms with Crippen molar-refractivity contribution < 1.29 is 5.11 Å². The molecule has 0 spiro atoms. The molecule has 0 fully saturated rings. The summed E-state index contributed by atoms with van der Waals surface area (Å²) in [6.07, 6.45) is 3.75. The fourth-order valence-electron chi connectivity index (χ4n) is 2.29. The topological polar surface area (TPSA) is 50.1 Å². The highest BCUT2D eigenvalue weighted by atomic mass is 32.1. The zero-order valence-corrected chi connectivity index (χ0v) is 12.8. The second-order valence-electron chi connectivity index (χ2n) is 4.99. The maximum Gasteiger partial charge on any atom is 0.136 e. The first-order valence-electron chi connectivity index (χ1n) is 6.72. The van der Waals surface area contributed by atoms with Gasteiger partial charge in [0.05, 0.1) is 0 Å². The molecule has 2 aromatic heterocycles. The number of imidazole rings is 1. The van der Waals surface area contributed by atoms with E-state index in [0.29, 0.717) is 5.75 Å². The van der Waals surface area contributed by atoms with Gasteiger partial charge in [0.2, 0.25) is 0 Å². The Balaban J connectivity index is 1.97. The lowest BCUT2D eigenvalue weighted by atomic mass is 10.1. The lowest BCUT2D eigenvalue weighted by molar-refractivity contribution is 0.471. The quantitative estimate of drug-likeness (QED) is 0.722. The molecule has 1 aromatic carbocycles. The Morgan fingerprint density at radius 2 is 2.19 bits per heavy atom. The SMILES string of the molecule is Cc1cc(NC(c2cccs2)c2nccn2C)ccc1O. The van der Waals surface area contributed by atoms with Crippen LogP contribution in [0.25, 0.3) is 0 Å². The summed E-state index contributed by atoms with van der Waals surface area (Å²) in [5, 5.41) is 15.2. The van der Waals surface area contributed by atoms with E-state index < -0.39 is 0 Å². The fourth-order valence-corrected chi connectivity index (χ4v) is 3.06. The van der Waals surface area contributed by atoms with E-state index in [1.54, 1.807) is 23.6 Å². The predicted octanol–water partition coefficient (Wildman–Crippen LogP) is 3.70. The van der Waals surface area contributed by atoms with E-state index in [2.05, 4.69) is 21.7 Å². The standard InChI is InChI=1S/C16H17N3OS/c1-11-10-12(5-6-13(11)20)18-15(14-4-3-9-21-14)16-17-7-8-19(16)2/h3-10,15,18,20H,1-2H3. The van der Waals surface area contributed by atoms with Crippen LogP contribution in [-0.2, 0) is 7.05 Å². The predicted molar refractivity (Wildman–Crippen MR) is 85.8 cm³/mol. The Morgan fingerprint density at radius 3 is 2.81 bits per heavy atom. The maximum atomic E-state index is 9.65. The molecule has 0 saturated heterocycles. The first-order chi connectivity index (χ1) is 10.1. The number of nitrogens with zero attached hydrogens (tertiary/aromatic N) is 2. The van der Waals surface area contributed by atoms with E-state index in [1.807, 2.05) is 42.9 Å². The normalized spacial score (nSPS) is 12.3. The van der Waals surface area contributed by atoms with Gasteiger partial charge in [-0.25, -0.2) is 4.98 Å². The van der Waals surface area contributed by atoms with Crippen LogP contribution in [0.5, 0.6) is 5.75 Å². The lowest BCUT2D eigenvalue weighted by Crippen LogP contribution is -2.15. The highest BCUT2D eigenvalue weighted by Gasteiger charge is 2.19. The number of phenolic OH excluding ortho intramolecular Hbond substituents is 1. The molecule has 4 nitrogen and oxygen atoms in total. The molecule has 0 saturated carbocycles. The average Bonchev–Trinajstić information content (AvgIpc) is 3.12. The number of thiophene rings is 1. The summed E-state index contributed by atoms with van der Waals surface area (Å²) >= 11 is 1.70. The highest BCUT2D eigenvalue weighted by Crippen LogP contribution is 2.30. The number of aryl methyl sites for hydroxylation is 2. The highest BCUT2D eigenvalue weighted by molar-refractivity contribution is 7.10. The fraction of sp³-hybridized carbons (Fsp3) is 0.188. The van der Waals surface area contributed by atoms with Gasteiger partial charge in [0.25, 0.3) is 0 Å². The number of aromatic nitrogens is 2. The summed E-state index contributed by atoms with van der Waals surface area (Å²) in [5.41, 5.74) is 1.82. The Morgan fingerprint density at radius 1 is 1.33 bits per heavy atom. The van der Waals surface area contributed by atoms with Crippen molar-refractivity contribution in [3.63, 3.8) is 0 Å². The Kier molecular flexibility index (Phi) is 3.66. The summed E-state index contributed by atoms with van der Waals surface area (Å²) in [7, 11) is 1.99. The van der Waals surface area contributed by atoms with Crippen LogP contribution in [0.1, 0.15) is 22.3 Å². The van der Waals surface area contributed by atoms with E-state index >= 15 is 0 Å². The largest absolute Gasteiger partial charge is 0.508 e. The molecule has 2 N–H and O–H groups in total. The van der Waals surface area contributed by atoms with Crippen molar-refractivity contribution in [2.24, 2.45) is 7.05 Å². The van der Waals surface area contributed by atoms with Gasteiger partial charge < -0.3 is 15.0 Å². The molecule has 0 bridgehead atoms. The molecule has 0 radical (unpaired) electrons. The van der Waals surface area contributed by atoms with Gasteiger partial charge in [-0.05, 0) is 42.1 Å². The van der Waals surface area contributed by atoms with Crippen molar-refractivity contribution in [2.75, 3.05) is 5.32 Å². The van der Waals surface area contributed by atoms with Crippen LogP contribution in [0, 0.1) is 6.92 Å². The van der Waals surface area contributed by atoms with Crippen LogP contribution in [0.2, 0.25) is 0 Å². The molecule has 0 aliphatic heterocycles.